The van der Waals surface area contributed by atoms with E-state index in [-0.39, 0.29) is 24.0 Å². The fraction of sp³-hybridized carbons (Fsp3) is 0.542. The second-order valence-corrected chi connectivity index (χ2v) is 8.18. The topological polar surface area (TPSA) is 65.3 Å². The second kappa shape index (κ2) is 13.7. The van der Waals surface area contributed by atoms with Gasteiger partial charge in [-0.25, -0.2) is 0 Å². The number of aliphatic imine (C=N–C) groups is 1. The van der Waals surface area contributed by atoms with Gasteiger partial charge in [0.1, 0.15) is 5.76 Å². The molecule has 32 heavy (non-hydrogen) atoms. The molecule has 0 bridgehead atoms. The van der Waals surface area contributed by atoms with Crippen LogP contribution in [0.2, 0.25) is 0 Å². The molecule has 0 unspecified atom stereocenters. The summed E-state index contributed by atoms with van der Waals surface area (Å²) in [5.41, 5.74) is 1.32. The summed E-state index contributed by atoms with van der Waals surface area (Å²) in [6.07, 6.45) is 4.80. The number of hydrogen-bond acceptors (Lipinski definition) is 5. The Morgan fingerprint density at radius 3 is 2.50 bits per heavy atom. The van der Waals surface area contributed by atoms with Crippen molar-refractivity contribution in [2.75, 3.05) is 63.9 Å². The van der Waals surface area contributed by atoms with Crippen molar-refractivity contribution in [3.05, 3.63) is 54.5 Å². The molecule has 0 spiro atoms. The van der Waals surface area contributed by atoms with Crippen molar-refractivity contribution in [3.63, 3.8) is 0 Å². The normalized spacial score (nSPS) is 18.2. The van der Waals surface area contributed by atoms with E-state index in [4.69, 9.17) is 14.1 Å². The summed E-state index contributed by atoms with van der Waals surface area (Å²) < 4.78 is 10.9. The molecule has 0 atom stereocenters. The zero-order valence-electron chi connectivity index (χ0n) is 18.7. The van der Waals surface area contributed by atoms with Crippen LogP contribution < -0.4 is 15.5 Å². The Morgan fingerprint density at radius 1 is 1.00 bits per heavy atom. The van der Waals surface area contributed by atoms with Crippen LogP contribution >= 0.6 is 24.0 Å². The molecule has 1 aromatic heterocycles. The number of hydrogen-bond donors (Lipinski definition) is 2. The maximum atomic E-state index is 5.46. The molecule has 2 aliphatic rings. The number of nitrogens with one attached hydrogen (secondary N) is 2. The van der Waals surface area contributed by atoms with Gasteiger partial charge in [-0.15, -0.1) is 24.0 Å². The lowest BCUT2D eigenvalue weighted by Crippen LogP contribution is -2.49. The van der Waals surface area contributed by atoms with E-state index in [1.165, 1.54) is 5.69 Å². The molecule has 3 heterocycles. The monoisotopic (exact) mass is 553 g/mol. The molecule has 2 fully saturated rings. The number of furan rings is 1. The standard InChI is InChI=1S/C24H35N5O2.HI/c1-2-5-22(6-3-1)29-13-9-21(10-14-29)27-24(25-11-8-23-7-4-18-31-23)26-12-15-28-16-19-30-20-17-28;/h1-7,18,21H,8-17,19-20H2,(H2,25,26,27);1H. The van der Waals surface area contributed by atoms with Crippen LogP contribution in [0.3, 0.4) is 0 Å². The second-order valence-electron chi connectivity index (χ2n) is 8.18. The first-order valence-electron chi connectivity index (χ1n) is 11.5. The number of ether oxygens (including phenoxy) is 1. The summed E-state index contributed by atoms with van der Waals surface area (Å²) in [6, 6.07) is 15.1. The average Bonchev–Trinajstić information content (AvgIpc) is 3.34. The van der Waals surface area contributed by atoms with E-state index in [1.807, 2.05) is 12.1 Å². The number of benzene rings is 1. The minimum absolute atomic E-state index is 0. The van der Waals surface area contributed by atoms with Crippen molar-refractivity contribution in [3.8, 4) is 0 Å². The number of para-hydroxylation sites is 1. The smallest absolute Gasteiger partial charge is 0.191 e. The van der Waals surface area contributed by atoms with Gasteiger partial charge in [0.2, 0.25) is 0 Å². The van der Waals surface area contributed by atoms with E-state index in [0.29, 0.717) is 6.04 Å². The van der Waals surface area contributed by atoms with Crippen molar-refractivity contribution < 1.29 is 9.15 Å². The lowest BCUT2D eigenvalue weighted by Gasteiger charge is -2.34. The van der Waals surface area contributed by atoms with E-state index in [1.54, 1.807) is 6.26 Å². The van der Waals surface area contributed by atoms with E-state index < -0.39 is 0 Å². The highest BCUT2D eigenvalue weighted by Crippen LogP contribution is 2.19. The van der Waals surface area contributed by atoms with Crippen molar-refractivity contribution in [1.82, 2.24) is 15.5 Å². The largest absolute Gasteiger partial charge is 0.469 e. The van der Waals surface area contributed by atoms with Gasteiger partial charge in [0.15, 0.2) is 5.96 Å². The van der Waals surface area contributed by atoms with E-state index in [0.717, 1.165) is 90.0 Å². The molecule has 2 N–H and O–H groups in total. The van der Waals surface area contributed by atoms with Gasteiger partial charge in [0.05, 0.1) is 26.0 Å². The van der Waals surface area contributed by atoms with Gasteiger partial charge >= 0.3 is 0 Å². The molecule has 176 valence electrons. The van der Waals surface area contributed by atoms with Gasteiger partial charge in [-0.1, -0.05) is 18.2 Å². The van der Waals surface area contributed by atoms with Gasteiger partial charge in [-0.05, 0) is 37.1 Å². The number of guanidine groups is 1. The highest BCUT2D eigenvalue weighted by atomic mass is 127. The maximum absolute atomic E-state index is 5.46. The van der Waals surface area contributed by atoms with Crippen LogP contribution in [0, 0.1) is 0 Å². The van der Waals surface area contributed by atoms with Crippen LogP contribution in [-0.2, 0) is 11.2 Å². The molecule has 0 radical (unpaired) electrons. The Hall–Kier alpha value is -1.78. The first-order chi connectivity index (χ1) is 15.4. The van der Waals surface area contributed by atoms with Gasteiger partial charge < -0.3 is 24.7 Å². The molecule has 2 aliphatic heterocycles. The molecule has 2 aromatic rings. The predicted octanol–water partition coefficient (Wildman–Crippen LogP) is 2.98. The molecular formula is C24H36IN5O2. The van der Waals surface area contributed by atoms with Crippen LogP contribution in [0.1, 0.15) is 18.6 Å². The zero-order valence-corrected chi connectivity index (χ0v) is 21.1. The maximum Gasteiger partial charge on any atom is 0.191 e. The third kappa shape index (κ3) is 7.97. The van der Waals surface area contributed by atoms with E-state index >= 15 is 0 Å². The number of piperidine rings is 1. The molecule has 7 nitrogen and oxygen atoms in total. The first-order valence-corrected chi connectivity index (χ1v) is 11.5. The fourth-order valence-electron chi connectivity index (χ4n) is 4.15. The summed E-state index contributed by atoms with van der Waals surface area (Å²) in [6.45, 7) is 8.36. The molecule has 0 saturated carbocycles. The SMILES string of the molecule is I.c1ccc(N2CCC(NC(=NCCN3CCOCC3)NCCc3ccco3)CC2)cc1. The Labute approximate surface area is 208 Å². The Kier molecular flexibility index (Phi) is 10.6. The zero-order chi connectivity index (χ0) is 21.1. The van der Waals surface area contributed by atoms with Gasteiger partial charge in [0, 0.05) is 57.4 Å². The number of rotatable bonds is 8. The first kappa shape index (κ1) is 24.9. The quantitative estimate of drug-likeness (QED) is 0.298. The Balaban J connectivity index is 0.00000289. The van der Waals surface area contributed by atoms with Crippen molar-refractivity contribution >= 4 is 35.6 Å². The van der Waals surface area contributed by atoms with Crippen molar-refractivity contribution in [2.24, 2.45) is 4.99 Å². The summed E-state index contributed by atoms with van der Waals surface area (Å²) >= 11 is 0. The highest BCUT2D eigenvalue weighted by Gasteiger charge is 2.20. The Bertz CT molecular complexity index is 773. The third-order valence-electron chi connectivity index (χ3n) is 5.99. The summed E-state index contributed by atoms with van der Waals surface area (Å²) in [7, 11) is 0. The minimum atomic E-state index is 0. The molecular weight excluding hydrogens is 517 g/mol. The molecule has 8 heteroatoms. The van der Waals surface area contributed by atoms with Gasteiger partial charge in [0.25, 0.3) is 0 Å². The fourth-order valence-corrected chi connectivity index (χ4v) is 4.15. The number of anilines is 1. The predicted molar refractivity (Wildman–Crippen MR) is 140 cm³/mol. The van der Waals surface area contributed by atoms with E-state index in [2.05, 4.69) is 50.8 Å². The molecule has 4 rings (SSSR count). The molecule has 1 aromatic carbocycles. The molecule has 2 saturated heterocycles. The number of halogens is 1. The average molecular weight is 553 g/mol. The highest BCUT2D eigenvalue weighted by molar-refractivity contribution is 14.0. The van der Waals surface area contributed by atoms with Crippen molar-refractivity contribution in [2.45, 2.75) is 25.3 Å². The minimum Gasteiger partial charge on any atom is -0.469 e. The lowest BCUT2D eigenvalue weighted by atomic mass is 10.0. The molecule has 0 amide bonds. The van der Waals surface area contributed by atoms with Crippen molar-refractivity contribution in [1.29, 1.82) is 0 Å². The summed E-state index contributed by atoms with van der Waals surface area (Å²) in [5.74, 6) is 1.91. The van der Waals surface area contributed by atoms with Gasteiger partial charge in [-0.2, -0.15) is 0 Å². The van der Waals surface area contributed by atoms with Crippen LogP contribution in [0.5, 0.6) is 0 Å². The third-order valence-corrected chi connectivity index (χ3v) is 5.99. The lowest BCUT2D eigenvalue weighted by molar-refractivity contribution is 0.0394. The van der Waals surface area contributed by atoms with Gasteiger partial charge in [-0.3, -0.25) is 9.89 Å². The van der Waals surface area contributed by atoms with Crippen LogP contribution in [0.25, 0.3) is 0 Å². The summed E-state index contributed by atoms with van der Waals surface area (Å²) in [5, 5.41) is 7.19. The van der Waals surface area contributed by atoms with Crippen LogP contribution in [-0.4, -0.2) is 75.9 Å². The van der Waals surface area contributed by atoms with E-state index in [9.17, 15) is 0 Å². The number of nitrogens with zero attached hydrogens (tertiary/aromatic N) is 3. The summed E-state index contributed by atoms with van der Waals surface area (Å²) in [4.78, 5) is 9.77. The molecule has 0 aliphatic carbocycles. The Morgan fingerprint density at radius 2 is 1.78 bits per heavy atom. The van der Waals surface area contributed by atoms with Crippen LogP contribution in [0.15, 0.2) is 58.1 Å². The number of morpholine rings is 1. The van der Waals surface area contributed by atoms with Crippen LogP contribution in [0.4, 0.5) is 5.69 Å².